The molecule has 21 heavy (non-hydrogen) atoms. The van der Waals surface area contributed by atoms with Gasteiger partial charge >= 0.3 is 0 Å². The fourth-order valence-corrected chi connectivity index (χ4v) is 3.92. The molecule has 110 valence electrons. The van der Waals surface area contributed by atoms with Crippen molar-refractivity contribution in [2.45, 2.75) is 31.5 Å². The number of benzene rings is 1. The number of hydrogen-bond donors (Lipinski definition) is 0. The van der Waals surface area contributed by atoms with E-state index in [1.807, 2.05) is 18.2 Å². The van der Waals surface area contributed by atoms with Crippen molar-refractivity contribution in [3.63, 3.8) is 0 Å². The predicted molar refractivity (Wildman–Crippen MR) is 87.0 cm³/mol. The minimum absolute atomic E-state index is 0.447. The van der Waals surface area contributed by atoms with E-state index in [4.69, 9.17) is 27.9 Å². The van der Waals surface area contributed by atoms with Crippen LogP contribution in [-0.4, -0.2) is 18.8 Å². The zero-order valence-electron chi connectivity index (χ0n) is 11.6. The molecule has 3 aliphatic rings. The third-order valence-electron chi connectivity index (χ3n) is 4.74. The highest BCUT2D eigenvalue weighted by Crippen LogP contribution is 2.43. The van der Waals surface area contributed by atoms with Gasteiger partial charge in [-0.05, 0) is 49.1 Å². The summed E-state index contributed by atoms with van der Waals surface area (Å²) in [6.07, 6.45) is 11.3. The first-order valence-corrected chi connectivity index (χ1v) is 8.22. The first-order valence-electron chi connectivity index (χ1n) is 7.46. The van der Waals surface area contributed by atoms with Gasteiger partial charge in [-0.2, -0.15) is 0 Å². The van der Waals surface area contributed by atoms with Crippen molar-refractivity contribution >= 4 is 28.9 Å². The highest BCUT2D eigenvalue weighted by Gasteiger charge is 2.41. The number of hydrogen-bond acceptors (Lipinski definition) is 2. The summed E-state index contributed by atoms with van der Waals surface area (Å²) >= 11 is 12.1. The van der Waals surface area contributed by atoms with E-state index in [1.54, 1.807) is 0 Å². The number of nitrogens with zero attached hydrogens (tertiary/aromatic N) is 1. The summed E-state index contributed by atoms with van der Waals surface area (Å²) in [5.74, 6) is 0.593. The van der Waals surface area contributed by atoms with Gasteiger partial charge in [-0.1, -0.05) is 29.3 Å². The largest absolute Gasteiger partial charge is 0.374 e. The Bertz CT molecular complexity index is 625. The van der Waals surface area contributed by atoms with Crippen molar-refractivity contribution in [2.75, 3.05) is 11.4 Å². The molecule has 3 aliphatic heterocycles. The Labute approximate surface area is 135 Å². The van der Waals surface area contributed by atoms with Crippen molar-refractivity contribution in [1.29, 1.82) is 0 Å². The van der Waals surface area contributed by atoms with Gasteiger partial charge in [-0.15, -0.1) is 0 Å². The van der Waals surface area contributed by atoms with Gasteiger partial charge < -0.3 is 9.64 Å². The second kappa shape index (κ2) is 5.35. The molecule has 0 aromatic heterocycles. The minimum atomic E-state index is 0.447. The van der Waals surface area contributed by atoms with Gasteiger partial charge in [0.15, 0.2) is 0 Å². The minimum Gasteiger partial charge on any atom is -0.374 e. The van der Waals surface area contributed by atoms with E-state index in [1.165, 1.54) is 24.8 Å². The fraction of sp³-hybridized carbons (Fsp3) is 0.412. The zero-order valence-corrected chi connectivity index (χ0v) is 13.1. The molecular weight excluding hydrogens is 305 g/mol. The molecule has 2 bridgehead atoms. The quantitative estimate of drug-likeness (QED) is 0.774. The first-order chi connectivity index (χ1) is 10.2. The molecule has 0 N–H and O–H groups in total. The third kappa shape index (κ3) is 2.50. The third-order valence-corrected chi connectivity index (χ3v) is 5.48. The van der Waals surface area contributed by atoms with Gasteiger partial charge in [0, 0.05) is 24.4 Å². The number of rotatable bonds is 2. The van der Waals surface area contributed by atoms with Crippen LogP contribution in [0.2, 0.25) is 10.0 Å². The number of allylic oxidation sites excluding steroid dienone is 1. The molecule has 2 nitrogen and oxygen atoms in total. The molecule has 0 aliphatic carbocycles. The summed E-state index contributed by atoms with van der Waals surface area (Å²) in [5, 5.41) is 1.19. The van der Waals surface area contributed by atoms with E-state index in [2.05, 4.69) is 23.3 Å². The molecule has 4 rings (SSSR count). The smallest absolute Gasteiger partial charge is 0.0649 e. The van der Waals surface area contributed by atoms with Crippen LogP contribution < -0.4 is 4.90 Å². The molecule has 3 unspecified atom stereocenters. The summed E-state index contributed by atoms with van der Waals surface area (Å²) in [5.41, 5.74) is 2.50. The molecule has 3 heterocycles. The lowest BCUT2D eigenvalue weighted by Gasteiger charge is -2.27. The average Bonchev–Trinajstić information content (AvgIpc) is 3.13. The summed E-state index contributed by atoms with van der Waals surface area (Å²) in [6.45, 7) is 0.873. The Balaban J connectivity index is 1.49. The lowest BCUT2D eigenvalue weighted by atomic mass is 9.83. The van der Waals surface area contributed by atoms with Gasteiger partial charge in [-0.3, -0.25) is 0 Å². The van der Waals surface area contributed by atoms with Crippen LogP contribution in [0.4, 0.5) is 5.69 Å². The predicted octanol–water partition coefficient (Wildman–Crippen LogP) is 4.82. The van der Waals surface area contributed by atoms with Gasteiger partial charge in [0.05, 0.1) is 22.3 Å². The molecule has 2 fully saturated rings. The van der Waals surface area contributed by atoms with Gasteiger partial charge in [0.25, 0.3) is 0 Å². The highest BCUT2D eigenvalue weighted by molar-refractivity contribution is 6.42. The number of ether oxygens (including phenoxy) is 1. The second-order valence-corrected chi connectivity index (χ2v) is 6.80. The van der Waals surface area contributed by atoms with Crippen molar-refractivity contribution in [3.05, 3.63) is 52.2 Å². The van der Waals surface area contributed by atoms with Crippen LogP contribution >= 0.6 is 23.2 Å². The standard InChI is InChI=1S/C17H17Cl2NO/c18-15-3-1-12(9-16(15)19)20-7-5-11(6-8-20)14-10-13-2-4-17(14)21-13/h1,3,5-7,9,13-14,17H,2,4,8,10H2. The highest BCUT2D eigenvalue weighted by atomic mass is 35.5. The van der Waals surface area contributed by atoms with Gasteiger partial charge in [0.1, 0.15) is 0 Å². The van der Waals surface area contributed by atoms with Crippen molar-refractivity contribution in [2.24, 2.45) is 5.92 Å². The molecule has 0 radical (unpaired) electrons. The van der Waals surface area contributed by atoms with Crippen LogP contribution in [0.15, 0.2) is 42.1 Å². The second-order valence-electron chi connectivity index (χ2n) is 5.99. The van der Waals surface area contributed by atoms with Crippen LogP contribution in [0.1, 0.15) is 19.3 Å². The maximum Gasteiger partial charge on any atom is 0.0649 e. The molecule has 1 aromatic rings. The summed E-state index contributed by atoms with van der Waals surface area (Å²) in [4.78, 5) is 2.18. The molecule has 3 atom stereocenters. The van der Waals surface area contributed by atoms with E-state index >= 15 is 0 Å². The maximum absolute atomic E-state index is 6.09. The Morgan fingerprint density at radius 3 is 2.67 bits per heavy atom. The van der Waals surface area contributed by atoms with E-state index in [9.17, 15) is 0 Å². The van der Waals surface area contributed by atoms with Crippen molar-refractivity contribution in [1.82, 2.24) is 0 Å². The normalized spacial score (nSPS) is 30.9. The van der Waals surface area contributed by atoms with Crippen LogP contribution in [0.5, 0.6) is 0 Å². The molecule has 1 aromatic carbocycles. The number of anilines is 1. The van der Waals surface area contributed by atoms with E-state index in [0.717, 1.165) is 12.2 Å². The molecular formula is C17H17Cl2NO. The number of halogens is 2. The van der Waals surface area contributed by atoms with E-state index in [0.29, 0.717) is 28.2 Å². The van der Waals surface area contributed by atoms with Crippen molar-refractivity contribution < 1.29 is 4.74 Å². The Kier molecular flexibility index (Phi) is 3.49. The first kappa shape index (κ1) is 13.7. The average molecular weight is 322 g/mol. The van der Waals surface area contributed by atoms with E-state index in [-0.39, 0.29) is 0 Å². The maximum atomic E-state index is 6.09. The molecule has 0 spiro atoms. The van der Waals surface area contributed by atoms with Gasteiger partial charge in [-0.25, -0.2) is 0 Å². The summed E-state index contributed by atoms with van der Waals surface area (Å²) in [6, 6.07) is 5.75. The van der Waals surface area contributed by atoms with Gasteiger partial charge in [0.2, 0.25) is 0 Å². The topological polar surface area (TPSA) is 12.5 Å². The molecule has 2 saturated heterocycles. The molecule has 0 saturated carbocycles. The van der Waals surface area contributed by atoms with Crippen LogP contribution in [0.25, 0.3) is 0 Å². The molecule has 4 heteroatoms. The lowest BCUT2D eigenvalue weighted by Crippen LogP contribution is -2.24. The Morgan fingerprint density at radius 1 is 1.14 bits per heavy atom. The molecule has 0 amide bonds. The monoisotopic (exact) mass is 321 g/mol. The Morgan fingerprint density at radius 2 is 2.05 bits per heavy atom. The van der Waals surface area contributed by atoms with Crippen molar-refractivity contribution in [3.8, 4) is 0 Å². The zero-order chi connectivity index (χ0) is 14.4. The summed E-state index contributed by atoms with van der Waals surface area (Å²) in [7, 11) is 0. The van der Waals surface area contributed by atoms with Crippen LogP contribution in [0.3, 0.4) is 0 Å². The van der Waals surface area contributed by atoms with Crippen LogP contribution in [0, 0.1) is 5.92 Å². The summed E-state index contributed by atoms with van der Waals surface area (Å²) < 4.78 is 5.96. The Hall–Kier alpha value is -0.960. The lowest BCUT2D eigenvalue weighted by molar-refractivity contribution is 0.0970. The van der Waals surface area contributed by atoms with E-state index < -0.39 is 0 Å². The van der Waals surface area contributed by atoms with Crippen LogP contribution in [-0.2, 0) is 4.74 Å². The number of fused-ring (bicyclic) bond motifs is 2. The fourth-order valence-electron chi connectivity index (χ4n) is 3.63. The SMILES string of the molecule is Clc1ccc(N2C=CC(C3CC4CCC3O4)=CC2)cc1Cl.